The number of hydrogen-bond donors (Lipinski definition) is 1. The van der Waals surface area contributed by atoms with Gasteiger partial charge in [0.2, 0.25) is 0 Å². The van der Waals surface area contributed by atoms with Gasteiger partial charge in [-0.25, -0.2) is 0 Å². The van der Waals surface area contributed by atoms with Crippen LogP contribution in [0.2, 0.25) is 0 Å². The molecular formula is C21H35N5O2. The molecule has 1 N–H and O–H groups in total. The molecule has 3 rings (SSSR count). The molecule has 1 aromatic heterocycles. The Morgan fingerprint density at radius 3 is 2.50 bits per heavy atom. The lowest BCUT2D eigenvalue weighted by Crippen LogP contribution is -2.53. The molecule has 7 heteroatoms. The van der Waals surface area contributed by atoms with Crippen LogP contribution < -0.4 is 5.32 Å². The molecule has 1 amide bonds. The van der Waals surface area contributed by atoms with Crippen molar-refractivity contribution < 1.29 is 9.21 Å². The zero-order valence-corrected chi connectivity index (χ0v) is 17.4. The predicted octanol–water partition coefficient (Wildman–Crippen LogP) is 2.12. The minimum atomic E-state index is -0.0262. The maximum atomic E-state index is 12.4. The van der Waals surface area contributed by atoms with E-state index in [1.165, 1.54) is 32.4 Å². The number of amides is 1. The molecule has 0 bridgehead atoms. The lowest BCUT2D eigenvalue weighted by Gasteiger charge is -2.36. The van der Waals surface area contributed by atoms with Crippen LogP contribution in [-0.4, -0.2) is 85.5 Å². The first-order chi connectivity index (χ1) is 13.7. The first-order valence-electron chi connectivity index (χ1n) is 10.8. The van der Waals surface area contributed by atoms with Crippen molar-refractivity contribution >= 4 is 11.9 Å². The molecule has 2 aliphatic heterocycles. The van der Waals surface area contributed by atoms with Gasteiger partial charge in [-0.1, -0.05) is 13.3 Å². The Bertz CT molecular complexity index is 617. The molecule has 3 heterocycles. The van der Waals surface area contributed by atoms with Gasteiger partial charge in [-0.15, -0.1) is 0 Å². The number of piperazine rings is 1. The number of piperidine rings is 1. The highest BCUT2D eigenvalue weighted by Crippen LogP contribution is 2.12. The fourth-order valence-electron chi connectivity index (χ4n) is 3.99. The fraction of sp³-hybridized carbons (Fsp3) is 0.714. The molecule has 28 heavy (non-hydrogen) atoms. The van der Waals surface area contributed by atoms with Crippen molar-refractivity contribution in [2.75, 3.05) is 58.9 Å². The van der Waals surface area contributed by atoms with E-state index in [0.29, 0.717) is 24.8 Å². The molecule has 1 aromatic rings. The van der Waals surface area contributed by atoms with E-state index >= 15 is 0 Å². The Labute approximate surface area is 168 Å². The molecule has 1 atom stereocenters. The standard InChI is InChI=1S/C21H35N5O2/c1-3-22-21(23-16-18(2)17-24-9-5-4-6-10-24)26-13-11-25(12-14-26)20(27)19-8-7-15-28-19/h7-8,15,18H,3-6,9-14,16-17H2,1-2H3,(H,22,23). The van der Waals surface area contributed by atoms with Crippen molar-refractivity contribution in [2.24, 2.45) is 10.9 Å². The van der Waals surface area contributed by atoms with Crippen molar-refractivity contribution in [1.82, 2.24) is 20.0 Å². The second-order valence-corrected chi connectivity index (χ2v) is 7.92. The molecule has 7 nitrogen and oxygen atoms in total. The maximum Gasteiger partial charge on any atom is 0.289 e. The third-order valence-electron chi connectivity index (χ3n) is 5.50. The second kappa shape index (κ2) is 10.5. The average Bonchev–Trinajstić information content (AvgIpc) is 3.26. The van der Waals surface area contributed by atoms with Gasteiger partial charge >= 0.3 is 0 Å². The monoisotopic (exact) mass is 389 g/mol. The zero-order valence-electron chi connectivity index (χ0n) is 17.4. The van der Waals surface area contributed by atoms with E-state index in [1.54, 1.807) is 18.4 Å². The van der Waals surface area contributed by atoms with Gasteiger partial charge in [0.25, 0.3) is 5.91 Å². The molecule has 2 aliphatic rings. The van der Waals surface area contributed by atoms with Gasteiger partial charge in [0.1, 0.15) is 0 Å². The summed E-state index contributed by atoms with van der Waals surface area (Å²) in [6.45, 7) is 12.6. The van der Waals surface area contributed by atoms with E-state index < -0.39 is 0 Å². The van der Waals surface area contributed by atoms with Gasteiger partial charge in [-0.05, 0) is 50.9 Å². The van der Waals surface area contributed by atoms with E-state index in [1.807, 2.05) is 4.90 Å². The van der Waals surface area contributed by atoms with Crippen LogP contribution in [0.1, 0.15) is 43.7 Å². The van der Waals surface area contributed by atoms with Crippen molar-refractivity contribution in [3.05, 3.63) is 24.2 Å². The van der Waals surface area contributed by atoms with Crippen molar-refractivity contribution in [2.45, 2.75) is 33.1 Å². The van der Waals surface area contributed by atoms with E-state index in [2.05, 4.69) is 29.0 Å². The number of furan rings is 1. The second-order valence-electron chi connectivity index (χ2n) is 7.92. The van der Waals surface area contributed by atoms with Gasteiger partial charge in [-0.3, -0.25) is 9.79 Å². The zero-order chi connectivity index (χ0) is 19.8. The summed E-state index contributed by atoms with van der Waals surface area (Å²) >= 11 is 0. The Balaban J connectivity index is 1.49. The number of hydrogen-bond acceptors (Lipinski definition) is 4. The van der Waals surface area contributed by atoms with Crippen LogP contribution in [-0.2, 0) is 0 Å². The largest absolute Gasteiger partial charge is 0.459 e. The third kappa shape index (κ3) is 5.74. The summed E-state index contributed by atoms with van der Waals surface area (Å²) in [5.74, 6) is 1.91. The SMILES string of the molecule is CCNC(=NCC(C)CN1CCCCC1)N1CCN(C(=O)c2ccco2)CC1. The molecule has 156 valence electrons. The van der Waals surface area contributed by atoms with Gasteiger partial charge < -0.3 is 24.4 Å². The summed E-state index contributed by atoms with van der Waals surface area (Å²) < 4.78 is 5.24. The van der Waals surface area contributed by atoms with Gasteiger partial charge in [0, 0.05) is 45.8 Å². The molecular weight excluding hydrogens is 354 g/mol. The summed E-state index contributed by atoms with van der Waals surface area (Å²) in [6.07, 6.45) is 5.59. The number of carbonyl (C=O) groups is 1. The number of rotatable bonds is 6. The number of carbonyl (C=O) groups excluding carboxylic acids is 1. The molecule has 1 unspecified atom stereocenters. The quantitative estimate of drug-likeness (QED) is 0.596. The summed E-state index contributed by atoms with van der Waals surface area (Å²) in [4.78, 5) is 24.0. The molecule has 0 aromatic carbocycles. The third-order valence-corrected chi connectivity index (χ3v) is 5.50. The van der Waals surface area contributed by atoms with Crippen LogP contribution in [0, 0.1) is 5.92 Å². The molecule has 0 radical (unpaired) electrons. The highest BCUT2D eigenvalue weighted by atomic mass is 16.3. The summed E-state index contributed by atoms with van der Waals surface area (Å²) in [5, 5.41) is 3.42. The number of aliphatic imine (C=N–C) groups is 1. The topological polar surface area (TPSA) is 64.3 Å². The highest BCUT2D eigenvalue weighted by Gasteiger charge is 2.25. The normalized spacial score (nSPS) is 20.3. The average molecular weight is 390 g/mol. The predicted molar refractivity (Wildman–Crippen MR) is 112 cm³/mol. The Morgan fingerprint density at radius 1 is 1.14 bits per heavy atom. The van der Waals surface area contributed by atoms with E-state index in [0.717, 1.165) is 38.7 Å². The van der Waals surface area contributed by atoms with Crippen LogP contribution in [0.3, 0.4) is 0 Å². The van der Waals surface area contributed by atoms with Gasteiger partial charge in [0.05, 0.1) is 6.26 Å². The van der Waals surface area contributed by atoms with E-state index in [4.69, 9.17) is 9.41 Å². The van der Waals surface area contributed by atoms with E-state index in [-0.39, 0.29) is 5.91 Å². The lowest BCUT2D eigenvalue weighted by atomic mass is 10.1. The summed E-state index contributed by atoms with van der Waals surface area (Å²) in [6, 6.07) is 3.48. The van der Waals surface area contributed by atoms with Crippen LogP contribution in [0.25, 0.3) is 0 Å². The fourth-order valence-corrected chi connectivity index (χ4v) is 3.99. The lowest BCUT2D eigenvalue weighted by molar-refractivity contribution is 0.0657. The maximum absolute atomic E-state index is 12.4. The van der Waals surface area contributed by atoms with Crippen LogP contribution in [0.5, 0.6) is 0 Å². The van der Waals surface area contributed by atoms with Crippen LogP contribution in [0.15, 0.2) is 27.8 Å². The Morgan fingerprint density at radius 2 is 1.86 bits per heavy atom. The molecule has 0 saturated carbocycles. The summed E-state index contributed by atoms with van der Waals surface area (Å²) in [7, 11) is 0. The highest BCUT2D eigenvalue weighted by molar-refractivity contribution is 5.91. The molecule has 2 saturated heterocycles. The molecule has 0 aliphatic carbocycles. The summed E-state index contributed by atoms with van der Waals surface area (Å²) in [5.41, 5.74) is 0. The van der Waals surface area contributed by atoms with Crippen molar-refractivity contribution in [1.29, 1.82) is 0 Å². The number of likely N-dealkylation sites (tertiary alicyclic amines) is 1. The molecule has 2 fully saturated rings. The Hall–Kier alpha value is -2.02. The van der Waals surface area contributed by atoms with Gasteiger partial charge in [-0.2, -0.15) is 0 Å². The van der Waals surface area contributed by atoms with Crippen LogP contribution >= 0.6 is 0 Å². The number of nitrogens with one attached hydrogen (secondary N) is 1. The van der Waals surface area contributed by atoms with Crippen LogP contribution in [0.4, 0.5) is 0 Å². The van der Waals surface area contributed by atoms with Crippen molar-refractivity contribution in [3.63, 3.8) is 0 Å². The van der Waals surface area contributed by atoms with Crippen molar-refractivity contribution in [3.8, 4) is 0 Å². The first kappa shape index (κ1) is 20.7. The minimum Gasteiger partial charge on any atom is -0.459 e. The molecule has 0 spiro atoms. The number of nitrogens with zero attached hydrogens (tertiary/aromatic N) is 4. The number of guanidine groups is 1. The Kier molecular flexibility index (Phi) is 7.77. The smallest absolute Gasteiger partial charge is 0.289 e. The van der Waals surface area contributed by atoms with E-state index in [9.17, 15) is 4.79 Å². The minimum absolute atomic E-state index is 0.0262. The first-order valence-corrected chi connectivity index (χ1v) is 10.8. The van der Waals surface area contributed by atoms with Gasteiger partial charge in [0.15, 0.2) is 11.7 Å².